The van der Waals surface area contributed by atoms with Crippen molar-refractivity contribution in [1.29, 1.82) is 0 Å². The Hall–Kier alpha value is -2.40. The van der Waals surface area contributed by atoms with Gasteiger partial charge < -0.3 is 14.2 Å². The minimum atomic E-state index is -0.148. The molecule has 0 fully saturated rings. The minimum Gasteiger partial charge on any atom is -0.496 e. The minimum absolute atomic E-state index is 0.148. The van der Waals surface area contributed by atoms with Crippen molar-refractivity contribution in [2.24, 2.45) is 0 Å². The molecule has 2 aromatic carbocycles. The van der Waals surface area contributed by atoms with E-state index in [9.17, 15) is 4.79 Å². The van der Waals surface area contributed by atoms with E-state index in [4.69, 9.17) is 14.2 Å². The fraction of sp³-hybridized carbons (Fsp3) is 0.583. The third kappa shape index (κ3) is 14.4. The molecule has 41 heavy (non-hydrogen) atoms. The molecule has 5 heteroatoms. The van der Waals surface area contributed by atoms with Crippen LogP contribution in [0.5, 0.6) is 17.2 Å². The molecule has 0 bridgehead atoms. The molecule has 0 heterocycles. The van der Waals surface area contributed by atoms with Gasteiger partial charge in [0.15, 0.2) is 17.3 Å². The lowest BCUT2D eigenvalue weighted by Crippen LogP contribution is -2.01. The number of unbranched alkanes of at least 4 members (excludes halogenated alkanes) is 15. The summed E-state index contributed by atoms with van der Waals surface area (Å²) in [6.45, 7) is 2.29. The second kappa shape index (κ2) is 22.2. The van der Waals surface area contributed by atoms with Gasteiger partial charge in [0.25, 0.3) is 0 Å². The molecule has 0 aliphatic heterocycles. The van der Waals surface area contributed by atoms with Crippen molar-refractivity contribution in [3.8, 4) is 17.2 Å². The zero-order valence-corrected chi connectivity index (χ0v) is 27.0. The quantitative estimate of drug-likeness (QED) is 0.0533. The van der Waals surface area contributed by atoms with Gasteiger partial charge in [-0.1, -0.05) is 121 Å². The highest BCUT2D eigenvalue weighted by Crippen LogP contribution is 2.35. The van der Waals surface area contributed by atoms with Crippen LogP contribution in [0.3, 0.4) is 0 Å². The zero-order valence-electron chi connectivity index (χ0n) is 26.2. The van der Waals surface area contributed by atoms with E-state index >= 15 is 0 Å². The topological polar surface area (TPSA) is 44.8 Å². The molecule has 0 spiro atoms. The molecule has 2 rings (SSSR count). The number of hydrogen-bond donors (Lipinski definition) is 0. The van der Waals surface area contributed by atoms with Crippen molar-refractivity contribution in [3.05, 3.63) is 53.6 Å². The van der Waals surface area contributed by atoms with E-state index in [2.05, 4.69) is 31.2 Å². The Labute approximate surface area is 254 Å². The summed E-state index contributed by atoms with van der Waals surface area (Å²) in [5, 5.41) is 0. The zero-order chi connectivity index (χ0) is 29.5. The Kier molecular flexibility index (Phi) is 18.9. The first-order chi connectivity index (χ1) is 20.1. The molecule has 0 aromatic heterocycles. The van der Waals surface area contributed by atoms with E-state index in [0.29, 0.717) is 22.8 Å². The van der Waals surface area contributed by atoms with E-state index in [1.165, 1.54) is 115 Å². The maximum Gasteiger partial charge on any atom is 0.189 e. The molecule has 4 nitrogen and oxygen atoms in total. The molecule has 0 unspecified atom stereocenters. The number of ketones is 1. The molecule has 0 saturated carbocycles. The smallest absolute Gasteiger partial charge is 0.189 e. The van der Waals surface area contributed by atoms with Crippen molar-refractivity contribution in [3.63, 3.8) is 0 Å². The van der Waals surface area contributed by atoms with Crippen LogP contribution >= 0.6 is 11.8 Å². The Balaban J connectivity index is 1.56. The van der Waals surface area contributed by atoms with Gasteiger partial charge >= 0.3 is 0 Å². The van der Waals surface area contributed by atoms with Crippen LogP contribution in [0.2, 0.25) is 0 Å². The molecule has 2 aromatic rings. The highest BCUT2D eigenvalue weighted by atomic mass is 32.2. The fourth-order valence-corrected chi connectivity index (χ4v) is 5.91. The molecule has 0 saturated heterocycles. The molecule has 0 aliphatic carbocycles. The third-order valence-electron chi connectivity index (χ3n) is 7.55. The van der Waals surface area contributed by atoms with Crippen LogP contribution in [0.4, 0.5) is 0 Å². The predicted octanol–water partition coefficient (Wildman–Crippen LogP) is 11.0. The van der Waals surface area contributed by atoms with Gasteiger partial charge in [-0.3, -0.25) is 4.79 Å². The Morgan fingerprint density at radius 2 is 1.10 bits per heavy atom. The summed E-state index contributed by atoms with van der Waals surface area (Å²) in [4.78, 5) is 14.1. The Morgan fingerprint density at radius 3 is 1.59 bits per heavy atom. The second-order valence-corrected chi connectivity index (χ2v) is 12.0. The van der Waals surface area contributed by atoms with Crippen molar-refractivity contribution in [1.82, 2.24) is 0 Å². The van der Waals surface area contributed by atoms with Crippen LogP contribution in [-0.4, -0.2) is 32.9 Å². The first kappa shape index (κ1) is 34.8. The summed E-state index contributed by atoms with van der Waals surface area (Å²) in [5.74, 6) is 2.49. The number of thioether (sulfide) groups is 1. The first-order valence-electron chi connectivity index (χ1n) is 15.9. The highest BCUT2D eigenvalue weighted by molar-refractivity contribution is 7.99. The number of carbonyl (C=O) groups is 1. The van der Waals surface area contributed by atoms with E-state index in [1.807, 2.05) is 17.8 Å². The monoisotopic (exact) mass is 582 g/mol. The summed E-state index contributed by atoms with van der Waals surface area (Å²) in [6, 6.07) is 11.7. The summed E-state index contributed by atoms with van der Waals surface area (Å²) >= 11 is 1.92. The van der Waals surface area contributed by atoms with Crippen molar-refractivity contribution >= 4 is 23.6 Å². The van der Waals surface area contributed by atoms with Crippen LogP contribution in [0.25, 0.3) is 6.08 Å². The number of carbonyl (C=O) groups excluding carboxylic acids is 1. The van der Waals surface area contributed by atoms with Crippen LogP contribution in [0.15, 0.2) is 47.4 Å². The van der Waals surface area contributed by atoms with Gasteiger partial charge in [0, 0.05) is 11.0 Å². The summed E-state index contributed by atoms with van der Waals surface area (Å²) in [5.41, 5.74) is 1.43. The van der Waals surface area contributed by atoms with E-state index in [0.717, 1.165) is 11.3 Å². The number of hydrogen-bond acceptors (Lipinski definition) is 5. The normalized spacial score (nSPS) is 11.2. The third-order valence-corrected chi connectivity index (χ3v) is 8.64. The highest BCUT2D eigenvalue weighted by Gasteiger charge is 2.16. The Bertz CT molecular complexity index is 999. The fourth-order valence-electron chi connectivity index (χ4n) is 5.00. The number of methoxy groups -OCH3 is 3. The largest absolute Gasteiger partial charge is 0.496 e. The van der Waals surface area contributed by atoms with Gasteiger partial charge in [-0.05, 0) is 42.0 Å². The summed E-state index contributed by atoms with van der Waals surface area (Å²) in [7, 11) is 4.65. The molecule has 228 valence electrons. The van der Waals surface area contributed by atoms with Crippen molar-refractivity contribution < 1.29 is 19.0 Å². The van der Waals surface area contributed by atoms with E-state index < -0.39 is 0 Å². The Morgan fingerprint density at radius 1 is 0.634 bits per heavy atom. The van der Waals surface area contributed by atoms with Crippen LogP contribution in [-0.2, 0) is 0 Å². The van der Waals surface area contributed by atoms with Crippen LogP contribution in [0, 0.1) is 0 Å². The number of allylic oxidation sites excluding steroid dienone is 1. The van der Waals surface area contributed by atoms with Crippen molar-refractivity contribution in [2.75, 3.05) is 27.1 Å². The molecule has 0 atom stereocenters. The molecule has 0 amide bonds. The van der Waals surface area contributed by atoms with E-state index in [1.54, 1.807) is 32.4 Å². The van der Waals surface area contributed by atoms with E-state index in [-0.39, 0.29) is 5.78 Å². The number of benzene rings is 2. The lowest BCUT2D eigenvalue weighted by Gasteiger charge is -2.12. The van der Waals surface area contributed by atoms with Gasteiger partial charge in [-0.25, -0.2) is 0 Å². The summed E-state index contributed by atoms with van der Waals surface area (Å²) in [6.07, 6.45) is 25.8. The van der Waals surface area contributed by atoms with Gasteiger partial charge in [0.05, 0.1) is 26.9 Å². The number of rotatable bonds is 24. The molecular weight excluding hydrogens is 528 g/mol. The van der Waals surface area contributed by atoms with Gasteiger partial charge in [0.1, 0.15) is 5.75 Å². The van der Waals surface area contributed by atoms with Gasteiger partial charge in [-0.2, -0.15) is 0 Å². The number of ether oxygens (including phenoxy) is 3. The standard InChI is InChI=1S/C36H54O4S/c1-5-6-7-8-9-10-11-12-13-14-15-16-17-18-19-20-27-41-31-24-21-30(22-25-31)23-26-33(37)32-28-35(39-3)36(40-4)29-34(32)38-2/h21-26,28-29H,5-20,27H2,1-4H3. The lowest BCUT2D eigenvalue weighted by molar-refractivity contribution is 0.104. The maximum absolute atomic E-state index is 12.8. The summed E-state index contributed by atoms with van der Waals surface area (Å²) < 4.78 is 16.0. The van der Waals surface area contributed by atoms with Crippen LogP contribution < -0.4 is 14.2 Å². The average Bonchev–Trinajstić information content (AvgIpc) is 3.01. The lowest BCUT2D eigenvalue weighted by atomic mass is 10.0. The second-order valence-electron chi connectivity index (χ2n) is 10.8. The predicted molar refractivity (Wildman–Crippen MR) is 176 cm³/mol. The van der Waals surface area contributed by atoms with Crippen LogP contribution in [0.1, 0.15) is 126 Å². The molecule has 0 radical (unpaired) electrons. The molecular formula is C36H54O4S. The average molecular weight is 583 g/mol. The maximum atomic E-state index is 12.8. The van der Waals surface area contributed by atoms with Gasteiger partial charge in [0.2, 0.25) is 0 Å². The van der Waals surface area contributed by atoms with Crippen molar-refractivity contribution in [2.45, 2.75) is 115 Å². The van der Waals surface area contributed by atoms with Gasteiger partial charge in [-0.15, -0.1) is 11.8 Å². The molecule has 0 aliphatic rings. The molecule has 0 N–H and O–H groups in total. The first-order valence-corrected chi connectivity index (χ1v) is 16.9. The SMILES string of the molecule is CCCCCCCCCCCCCCCCCCSc1ccc(C=CC(=O)c2cc(OC)c(OC)cc2OC)cc1.